The Labute approximate surface area is 251 Å². The number of ether oxygens (including phenoxy) is 2. The van der Waals surface area contributed by atoms with E-state index in [2.05, 4.69) is 23.2 Å². The van der Waals surface area contributed by atoms with Crippen molar-refractivity contribution >= 4 is 40.6 Å². The second-order valence-electron chi connectivity index (χ2n) is 10.2. The maximum Gasteiger partial charge on any atom is 0.322 e. The van der Waals surface area contributed by atoms with Crippen LogP contribution in [-0.4, -0.2) is 80.1 Å². The van der Waals surface area contributed by atoms with E-state index in [1.807, 2.05) is 28.5 Å². The van der Waals surface area contributed by atoms with E-state index in [-0.39, 0.29) is 18.5 Å². The molecular formula is C31H39ClN4O4S. The number of rotatable bonds is 13. The average molecular weight is 599 g/mol. The minimum absolute atomic E-state index is 0.0103. The number of amides is 3. The van der Waals surface area contributed by atoms with Crippen molar-refractivity contribution in [3.63, 3.8) is 0 Å². The largest absolute Gasteiger partial charge is 0.493 e. The standard InChI is InChI=1S/C31H39ClN4O4S/c1-23-13-19-41-29(23)21-35(16-12-24-6-11-27(39-2)28(20-24)40-3)30(37)22-36(18-17-34-14-4-5-15-34)31(38)33-26-9-7-25(32)8-10-26/h6-11,13,19-20H,4-5,12,14-18,21-22H2,1-3H3,(H,33,38). The highest BCUT2D eigenvalue weighted by Crippen LogP contribution is 2.28. The first-order valence-corrected chi connectivity index (χ1v) is 15.2. The van der Waals surface area contributed by atoms with Gasteiger partial charge in [0.2, 0.25) is 5.91 Å². The Morgan fingerprint density at radius 2 is 1.71 bits per heavy atom. The van der Waals surface area contributed by atoms with Gasteiger partial charge in [-0.2, -0.15) is 0 Å². The van der Waals surface area contributed by atoms with Gasteiger partial charge in [0.05, 0.1) is 20.8 Å². The predicted octanol–water partition coefficient (Wildman–Crippen LogP) is 5.93. The number of halogens is 1. The van der Waals surface area contributed by atoms with E-state index in [4.69, 9.17) is 21.1 Å². The van der Waals surface area contributed by atoms with E-state index in [1.165, 1.54) is 12.8 Å². The van der Waals surface area contributed by atoms with Crippen molar-refractivity contribution in [2.24, 2.45) is 0 Å². The van der Waals surface area contributed by atoms with E-state index in [9.17, 15) is 9.59 Å². The number of thiophene rings is 1. The summed E-state index contributed by atoms with van der Waals surface area (Å²) in [7, 11) is 3.22. The number of methoxy groups -OCH3 is 2. The Hall–Kier alpha value is -3.27. The first-order chi connectivity index (χ1) is 19.9. The van der Waals surface area contributed by atoms with Crippen molar-refractivity contribution in [3.8, 4) is 11.5 Å². The summed E-state index contributed by atoms with van der Waals surface area (Å²) < 4.78 is 10.8. The summed E-state index contributed by atoms with van der Waals surface area (Å²) in [6.07, 6.45) is 2.97. The molecule has 0 radical (unpaired) electrons. The van der Waals surface area contributed by atoms with Crippen LogP contribution in [0.5, 0.6) is 11.5 Å². The molecule has 220 valence electrons. The fourth-order valence-electron chi connectivity index (χ4n) is 4.85. The first-order valence-electron chi connectivity index (χ1n) is 13.9. The van der Waals surface area contributed by atoms with Gasteiger partial charge in [-0.05, 0) is 98.2 Å². The number of nitrogens with one attached hydrogen (secondary N) is 1. The molecule has 8 nitrogen and oxygen atoms in total. The Bertz CT molecular complexity index is 1290. The molecule has 1 aliphatic heterocycles. The van der Waals surface area contributed by atoms with Crippen LogP contribution in [0.15, 0.2) is 53.9 Å². The predicted molar refractivity (Wildman–Crippen MR) is 165 cm³/mol. The van der Waals surface area contributed by atoms with E-state index < -0.39 is 0 Å². The number of carbonyl (C=O) groups is 2. The zero-order chi connectivity index (χ0) is 29.2. The van der Waals surface area contributed by atoms with Gasteiger partial charge in [0.15, 0.2) is 11.5 Å². The number of urea groups is 1. The first kappa shape index (κ1) is 30.7. The topological polar surface area (TPSA) is 74.4 Å². The molecule has 2 heterocycles. The molecule has 1 N–H and O–H groups in total. The number of nitrogens with zero attached hydrogens (tertiary/aromatic N) is 3. The molecule has 1 aliphatic rings. The van der Waals surface area contributed by atoms with Crippen molar-refractivity contribution in [2.75, 3.05) is 58.8 Å². The van der Waals surface area contributed by atoms with E-state index in [0.717, 1.165) is 35.6 Å². The molecule has 1 aromatic heterocycles. The molecule has 0 atom stereocenters. The Morgan fingerprint density at radius 1 is 0.976 bits per heavy atom. The Morgan fingerprint density at radius 3 is 2.37 bits per heavy atom. The third-order valence-electron chi connectivity index (χ3n) is 7.37. The highest BCUT2D eigenvalue weighted by molar-refractivity contribution is 7.10. The summed E-state index contributed by atoms with van der Waals surface area (Å²) in [6.45, 7) is 6.29. The molecule has 1 fully saturated rings. The second kappa shape index (κ2) is 15.1. The highest BCUT2D eigenvalue weighted by atomic mass is 35.5. The van der Waals surface area contributed by atoms with E-state index in [0.29, 0.717) is 48.3 Å². The van der Waals surface area contributed by atoms with Crippen LogP contribution in [0.4, 0.5) is 10.5 Å². The van der Waals surface area contributed by atoms with Crippen molar-refractivity contribution in [3.05, 3.63) is 74.9 Å². The van der Waals surface area contributed by atoms with Crippen molar-refractivity contribution in [1.29, 1.82) is 0 Å². The van der Waals surface area contributed by atoms with Gasteiger partial charge in [0.1, 0.15) is 6.54 Å². The molecule has 10 heteroatoms. The van der Waals surface area contributed by atoms with E-state index in [1.54, 1.807) is 54.7 Å². The highest BCUT2D eigenvalue weighted by Gasteiger charge is 2.24. The van der Waals surface area contributed by atoms with Crippen LogP contribution in [0.25, 0.3) is 0 Å². The maximum absolute atomic E-state index is 13.9. The van der Waals surface area contributed by atoms with Gasteiger partial charge in [-0.15, -0.1) is 11.3 Å². The summed E-state index contributed by atoms with van der Waals surface area (Å²) in [5, 5.41) is 5.58. The minimum Gasteiger partial charge on any atom is -0.493 e. The van der Waals surface area contributed by atoms with Gasteiger partial charge in [-0.1, -0.05) is 17.7 Å². The smallest absolute Gasteiger partial charge is 0.322 e. The van der Waals surface area contributed by atoms with Crippen LogP contribution in [0.2, 0.25) is 5.02 Å². The van der Waals surface area contributed by atoms with Crippen molar-refractivity contribution < 1.29 is 19.1 Å². The molecule has 41 heavy (non-hydrogen) atoms. The van der Waals surface area contributed by atoms with Crippen LogP contribution in [0.1, 0.15) is 28.8 Å². The SMILES string of the molecule is COc1ccc(CCN(Cc2sccc2C)C(=O)CN(CCN2CCCC2)C(=O)Nc2ccc(Cl)cc2)cc1OC. The Kier molecular flexibility index (Phi) is 11.3. The third-order valence-corrected chi connectivity index (χ3v) is 8.63. The normalized spacial score (nSPS) is 13.2. The summed E-state index contributed by atoms with van der Waals surface area (Å²) in [6, 6.07) is 14.6. The van der Waals surface area contributed by atoms with Crippen LogP contribution in [0.3, 0.4) is 0 Å². The van der Waals surface area contributed by atoms with Crippen LogP contribution < -0.4 is 14.8 Å². The summed E-state index contributed by atoms with van der Waals surface area (Å²) in [5.74, 6) is 1.23. The van der Waals surface area contributed by atoms with Crippen LogP contribution in [0, 0.1) is 6.92 Å². The van der Waals surface area contributed by atoms with Gasteiger partial charge in [-0.3, -0.25) is 4.79 Å². The zero-order valence-corrected chi connectivity index (χ0v) is 25.6. The third kappa shape index (κ3) is 8.86. The number of carbonyl (C=O) groups excluding carboxylic acids is 2. The van der Waals surface area contributed by atoms with Crippen molar-refractivity contribution in [1.82, 2.24) is 14.7 Å². The van der Waals surface area contributed by atoms with E-state index >= 15 is 0 Å². The summed E-state index contributed by atoms with van der Waals surface area (Å²) in [4.78, 5) is 34.2. The number of hydrogen-bond donors (Lipinski definition) is 1. The van der Waals surface area contributed by atoms with Crippen LogP contribution >= 0.6 is 22.9 Å². The van der Waals surface area contributed by atoms with Crippen molar-refractivity contribution in [2.45, 2.75) is 32.7 Å². The minimum atomic E-state index is -0.299. The second-order valence-corrected chi connectivity index (χ2v) is 11.6. The fraction of sp³-hybridized carbons (Fsp3) is 0.419. The lowest BCUT2D eigenvalue weighted by Crippen LogP contribution is -2.47. The van der Waals surface area contributed by atoms with Gasteiger partial charge in [-0.25, -0.2) is 4.79 Å². The number of anilines is 1. The molecule has 0 aliphatic carbocycles. The average Bonchev–Trinajstić information content (AvgIpc) is 3.65. The molecule has 0 spiro atoms. The molecule has 0 unspecified atom stereocenters. The number of hydrogen-bond acceptors (Lipinski definition) is 6. The summed E-state index contributed by atoms with van der Waals surface area (Å²) in [5.41, 5.74) is 2.83. The number of aryl methyl sites for hydroxylation is 1. The molecular weight excluding hydrogens is 560 g/mol. The lowest BCUT2D eigenvalue weighted by Gasteiger charge is -2.29. The van der Waals surface area contributed by atoms with Gasteiger partial charge >= 0.3 is 6.03 Å². The number of benzene rings is 2. The molecule has 0 bridgehead atoms. The van der Waals surface area contributed by atoms with Gasteiger partial charge < -0.3 is 29.5 Å². The molecule has 1 saturated heterocycles. The van der Waals surface area contributed by atoms with Crippen LogP contribution in [-0.2, 0) is 17.8 Å². The maximum atomic E-state index is 13.9. The molecule has 2 aromatic carbocycles. The quantitative estimate of drug-likeness (QED) is 0.264. The molecule has 3 aromatic rings. The zero-order valence-electron chi connectivity index (χ0n) is 24.0. The summed E-state index contributed by atoms with van der Waals surface area (Å²) >= 11 is 7.66. The Balaban J connectivity index is 1.49. The van der Waals surface area contributed by atoms with Gasteiger partial charge in [0, 0.05) is 35.2 Å². The lowest BCUT2D eigenvalue weighted by molar-refractivity contribution is -0.132. The van der Waals surface area contributed by atoms with Gasteiger partial charge in [0.25, 0.3) is 0 Å². The monoisotopic (exact) mass is 598 g/mol. The number of likely N-dealkylation sites (tertiary alicyclic amines) is 1. The fourth-order valence-corrected chi connectivity index (χ4v) is 5.90. The molecule has 0 saturated carbocycles. The lowest BCUT2D eigenvalue weighted by atomic mass is 10.1. The molecule has 3 amide bonds. The molecule has 4 rings (SSSR count).